The summed E-state index contributed by atoms with van der Waals surface area (Å²) in [6.07, 6.45) is 3.49. The Labute approximate surface area is 99.0 Å². The molecule has 1 fully saturated rings. The maximum atomic E-state index is 11.7. The molecule has 1 N–H and O–H groups in total. The molecule has 0 radical (unpaired) electrons. The third kappa shape index (κ3) is 2.33. The predicted molar refractivity (Wildman–Crippen MR) is 65.2 cm³/mol. The fraction of sp³-hybridized carbons (Fsp3) is 0.417. The first-order chi connectivity index (χ1) is 7.70. The molecular weight excluding hydrogens is 222 g/mol. The molecule has 0 saturated carbocycles. The molecule has 0 aliphatic carbocycles. The van der Waals surface area contributed by atoms with Crippen LogP contribution in [0.4, 0.5) is 0 Å². The summed E-state index contributed by atoms with van der Waals surface area (Å²) >= 11 is 1.64. The summed E-state index contributed by atoms with van der Waals surface area (Å²) < 4.78 is 0. The standard InChI is InChI=1S/C12H15NO2S/c1-9-4-5-16-11(9)2-3-12(15)13-6-10(7-13)8-14/h2-5,10,14H,6-8H2,1H3. The molecule has 16 heavy (non-hydrogen) atoms. The summed E-state index contributed by atoms with van der Waals surface area (Å²) in [5, 5.41) is 10.9. The average molecular weight is 237 g/mol. The summed E-state index contributed by atoms with van der Waals surface area (Å²) in [5.74, 6) is 0.318. The highest BCUT2D eigenvalue weighted by Gasteiger charge is 2.28. The smallest absolute Gasteiger partial charge is 0.246 e. The highest BCUT2D eigenvalue weighted by molar-refractivity contribution is 7.11. The van der Waals surface area contributed by atoms with Crippen molar-refractivity contribution in [3.8, 4) is 0 Å². The molecule has 1 aromatic rings. The number of carbonyl (C=O) groups excluding carboxylic acids is 1. The zero-order chi connectivity index (χ0) is 11.5. The Bertz CT molecular complexity index is 405. The molecule has 1 aliphatic heterocycles. The second kappa shape index (κ2) is 4.80. The van der Waals surface area contributed by atoms with Crippen LogP contribution in [0, 0.1) is 12.8 Å². The maximum Gasteiger partial charge on any atom is 0.246 e. The van der Waals surface area contributed by atoms with Gasteiger partial charge in [-0.25, -0.2) is 0 Å². The van der Waals surface area contributed by atoms with Gasteiger partial charge in [0.25, 0.3) is 0 Å². The lowest BCUT2D eigenvalue weighted by Crippen LogP contribution is -2.50. The molecule has 2 heterocycles. The molecular formula is C12H15NO2S. The molecule has 2 rings (SSSR count). The molecule has 86 valence electrons. The van der Waals surface area contributed by atoms with Gasteiger partial charge in [0.2, 0.25) is 5.91 Å². The van der Waals surface area contributed by atoms with Gasteiger partial charge < -0.3 is 10.0 Å². The second-order valence-electron chi connectivity index (χ2n) is 4.09. The van der Waals surface area contributed by atoms with Crippen molar-refractivity contribution in [2.24, 2.45) is 5.92 Å². The van der Waals surface area contributed by atoms with E-state index in [1.807, 2.05) is 24.4 Å². The van der Waals surface area contributed by atoms with Gasteiger partial charge >= 0.3 is 0 Å². The molecule has 1 amide bonds. The van der Waals surface area contributed by atoms with Crippen LogP contribution in [0.2, 0.25) is 0 Å². The van der Waals surface area contributed by atoms with Crippen LogP contribution in [-0.2, 0) is 4.79 Å². The summed E-state index contributed by atoms with van der Waals surface area (Å²) in [6.45, 7) is 3.58. The van der Waals surface area contributed by atoms with Gasteiger partial charge in [0.1, 0.15) is 0 Å². The van der Waals surface area contributed by atoms with Gasteiger partial charge in [-0.05, 0) is 30.0 Å². The summed E-state index contributed by atoms with van der Waals surface area (Å²) in [4.78, 5) is 14.5. The van der Waals surface area contributed by atoms with E-state index in [0.717, 1.165) is 4.88 Å². The van der Waals surface area contributed by atoms with Crippen LogP contribution < -0.4 is 0 Å². The molecule has 0 aromatic carbocycles. The fourth-order valence-electron chi connectivity index (χ4n) is 1.67. The summed E-state index contributed by atoms with van der Waals surface area (Å²) in [5.41, 5.74) is 1.20. The number of hydrogen-bond donors (Lipinski definition) is 1. The summed E-state index contributed by atoms with van der Waals surface area (Å²) in [7, 11) is 0. The van der Waals surface area contributed by atoms with Crippen LogP contribution in [0.25, 0.3) is 6.08 Å². The lowest BCUT2D eigenvalue weighted by atomic mass is 10.0. The molecule has 0 bridgehead atoms. The first-order valence-corrected chi connectivity index (χ1v) is 6.20. The second-order valence-corrected chi connectivity index (χ2v) is 5.04. The minimum atomic E-state index is 0.0394. The van der Waals surface area contributed by atoms with Crippen molar-refractivity contribution in [1.82, 2.24) is 4.90 Å². The highest BCUT2D eigenvalue weighted by Crippen LogP contribution is 2.19. The van der Waals surface area contributed by atoms with E-state index in [2.05, 4.69) is 0 Å². The Morgan fingerprint density at radius 3 is 3.00 bits per heavy atom. The molecule has 4 heteroatoms. The van der Waals surface area contributed by atoms with E-state index in [1.54, 1.807) is 22.3 Å². The number of aliphatic hydroxyl groups excluding tert-OH is 1. The quantitative estimate of drug-likeness (QED) is 0.810. The first-order valence-electron chi connectivity index (χ1n) is 5.32. The molecule has 1 saturated heterocycles. The molecule has 0 atom stereocenters. The zero-order valence-electron chi connectivity index (χ0n) is 9.22. The van der Waals surface area contributed by atoms with Gasteiger partial charge in [0.05, 0.1) is 0 Å². The van der Waals surface area contributed by atoms with E-state index in [4.69, 9.17) is 5.11 Å². The largest absolute Gasteiger partial charge is 0.396 e. The number of carbonyl (C=O) groups is 1. The number of amides is 1. The maximum absolute atomic E-state index is 11.7. The Morgan fingerprint density at radius 1 is 1.69 bits per heavy atom. The van der Waals surface area contributed by atoms with Crippen molar-refractivity contribution in [2.45, 2.75) is 6.92 Å². The van der Waals surface area contributed by atoms with Crippen molar-refractivity contribution in [3.63, 3.8) is 0 Å². The molecule has 1 aromatic heterocycles. The van der Waals surface area contributed by atoms with E-state index in [1.165, 1.54) is 5.56 Å². The van der Waals surface area contributed by atoms with Gasteiger partial charge in [0.15, 0.2) is 0 Å². The monoisotopic (exact) mass is 237 g/mol. The lowest BCUT2D eigenvalue weighted by Gasteiger charge is -2.37. The number of nitrogens with zero attached hydrogens (tertiary/aromatic N) is 1. The average Bonchev–Trinajstić information content (AvgIpc) is 2.59. The Balaban J connectivity index is 1.89. The van der Waals surface area contributed by atoms with Crippen LogP contribution in [0.1, 0.15) is 10.4 Å². The minimum absolute atomic E-state index is 0.0394. The molecule has 1 aliphatic rings. The number of aliphatic hydroxyl groups is 1. The van der Waals surface area contributed by atoms with Gasteiger partial charge in [-0.1, -0.05) is 0 Å². The number of aryl methyl sites for hydroxylation is 1. The van der Waals surface area contributed by atoms with E-state index in [0.29, 0.717) is 13.1 Å². The molecule has 3 nitrogen and oxygen atoms in total. The van der Waals surface area contributed by atoms with Gasteiger partial charge in [-0.2, -0.15) is 0 Å². The van der Waals surface area contributed by atoms with E-state index < -0.39 is 0 Å². The van der Waals surface area contributed by atoms with Gasteiger partial charge in [0, 0.05) is 36.6 Å². The van der Waals surface area contributed by atoms with Crippen LogP contribution in [0.15, 0.2) is 17.5 Å². The van der Waals surface area contributed by atoms with Crippen molar-refractivity contribution >= 4 is 23.3 Å². The Hall–Kier alpha value is -1.13. The number of thiophene rings is 1. The molecule has 0 spiro atoms. The number of likely N-dealkylation sites (tertiary alicyclic amines) is 1. The predicted octanol–water partition coefficient (Wildman–Crippen LogP) is 1.52. The number of hydrogen-bond acceptors (Lipinski definition) is 3. The van der Waals surface area contributed by atoms with Crippen molar-refractivity contribution in [3.05, 3.63) is 28.0 Å². The van der Waals surface area contributed by atoms with Crippen LogP contribution in [-0.4, -0.2) is 35.6 Å². The number of rotatable bonds is 3. The van der Waals surface area contributed by atoms with Crippen molar-refractivity contribution < 1.29 is 9.90 Å². The topological polar surface area (TPSA) is 40.5 Å². The Kier molecular flexibility index (Phi) is 3.41. The van der Waals surface area contributed by atoms with Crippen LogP contribution in [0.3, 0.4) is 0 Å². The third-order valence-electron chi connectivity index (χ3n) is 2.81. The third-order valence-corrected chi connectivity index (χ3v) is 3.79. The van der Waals surface area contributed by atoms with Gasteiger partial charge in [-0.15, -0.1) is 11.3 Å². The minimum Gasteiger partial charge on any atom is -0.396 e. The first kappa shape index (κ1) is 11.4. The molecule has 0 unspecified atom stereocenters. The van der Waals surface area contributed by atoms with E-state index in [-0.39, 0.29) is 18.4 Å². The van der Waals surface area contributed by atoms with E-state index >= 15 is 0 Å². The lowest BCUT2D eigenvalue weighted by molar-refractivity contribution is -0.132. The fourth-order valence-corrected chi connectivity index (χ4v) is 2.49. The highest BCUT2D eigenvalue weighted by atomic mass is 32.1. The van der Waals surface area contributed by atoms with Crippen LogP contribution >= 0.6 is 11.3 Å². The zero-order valence-corrected chi connectivity index (χ0v) is 10.0. The van der Waals surface area contributed by atoms with Crippen LogP contribution in [0.5, 0.6) is 0 Å². The normalized spacial score (nSPS) is 16.8. The van der Waals surface area contributed by atoms with Gasteiger partial charge in [-0.3, -0.25) is 4.79 Å². The summed E-state index contributed by atoms with van der Waals surface area (Å²) in [6, 6.07) is 2.04. The van der Waals surface area contributed by atoms with Crippen molar-refractivity contribution in [1.29, 1.82) is 0 Å². The van der Waals surface area contributed by atoms with E-state index in [9.17, 15) is 4.79 Å². The SMILES string of the molecule is Cc1ccsc1C=CC(=O)N1CC(CO)C1. The van der Waals surface area contributed by atoms with Crippen molar-refractivity contribution in [2.75, 3.05) is 19.7 Å². The Morgan fingerprint density at radius 2 is 2.44 bits per heavy atom.